The number of β-amino-alcohol motifs (C(OH)–C–C–N with tert-alkyl or cyclic N) is 1. The highest BCUT2D eigenvalue weighted by molar-refractivity contribution is 14.1. The highest BCUT2D eigenvalue weighted by Gasteiger charge is 2.36. The van der Waals surface area contributed by atoms with Crippen molar-refractivity contribution in [3.8, 4) is 17.4 Å². The SMILES string of the molecule is CC1=C(C#N)C(=O)N(CC(C)O)C(=O)/C1=C/c1ccc(-c2ccc(I)cc2)o1. The van der Waals surface area contributed by atoms with Gasteiger partial charge in [-0.25, -0.2) is 0 Å². The zero-order chi connectivity index (χ0) is 20.4. The van der Waals surface area contributed by atoms with E-state index in [0.29, 0.717) is 17.1 Å². The maximum absolute atomic E-state index is 12.8. The Morgan fingerprint density at radius 2 is 1.89 bits per heavy atom. The second-order valence-corrected chi connectivity index (χ2v) is 7.69. The maximum Gasteiger partial charge on any atom is 0.271 e. The highest BCUT2D eigenvalue weighted by atomic mass is 127. The molecular formula is C21H17IN2O4. The third-order valence-corrected chi connectivity index (χ3v) is 5.03. The van der Waals surface area contributed by atoms with Crippen LogP contribution in [0.3, 0.4) is 0 Å². The quantitative estimate of drug-likeness (QED) is 0.404. The van der Waals surface area contributed by atoms with E-state index in [1.807, 2.05) is 30.3 Å². The lowest BCUT2D eigenvalue weighted by molar-refractivity contribution is -0.141. The number of carbonyl (C=O) groups is 2. The molecule has 1 atom stereocenters. The van der Waals surface area contributed by atoms with Gasteiger partial charge >= 0.3 is 0 Å². The fraction of sp³-hybridized carbons (Fsp3) is 0.190. The normalized spacial score (nSPS) is 17.2. The van der Waals surface area contributed by atoms with Gasteiger partial charge in [0, 0.05) is 14.7 Å². The number of benzene rings is 1. The minimum Gasteiger partial charge on any atom is -0.457 e. The first-order valence-electron chi connectivity index (χ1n) is 8.55. The van der Waals surface area contributed by atoms with E-state index < -0.39 is 17.9 Å². The molecule has 2 heterocycles. The molecular weight excluding hydrogens is 471 g/mol. The van der Waals surface area contributed by atoms with Crippen molar-refractivity contribution >= 4 is 40.5 Å². The first kappa shape index (κ1) is 20.0. The van der Waals surface area contributed by atoms with Crippen LogP contribution in [-0.2, 0) is 9.59 Å². The van der Waals surface area contributed by atoms with Crippen molar-refractivity contribution in [2.45, 2.75) is 20.0 Å². The first-order valence-corrected chi connectivity index (χ1v) is 9.62. The van der Waals surface area contributed by atoms with Gasteiger partial charge < -0.3 is 9.52 Å². The van der Waals surface area contributed by atoms with Gasteiger partial charge in [0.25, 0.3) is 11.8 Å². The molecule has 0 spiro atoms. The van der Waals surface area contributed by atoms with Crippen LogP contribution >= 0.6 is 22.6 Å². The summed E-state index contributed by atoms with van der Waals surface area (Å²) in [7, 11) is 0. The summed E-state index contributed by atoms with van der Waals surface area (Å²) in [5.74, 6) is -0.179. The number of imide groups is 1. The van der Waals surface area contributed by atoms with Crippen molar-refractivity contribution in [3.63, 3.8) is 0 Å². The molecule has 1 N–H and O–H groups in total. The number of nitriles is 1. The van der Waals surface area contributed by atoms with Crippen LogP contribution in [0.15, 0.2) is 57.5 Å². The standard InChI is InChI=1S/C21H17IN2O4/c1-12(25)11-24-20(26)17(13(2)18(10-23)21(24)27)9-16-7-8-19(28-16)14-3-5-15(22)6-4-14/h3-9,12,25H,11H2,1-2H3/b17-9+. The zero-order valence-corrected chi connectivity index (χ0v) is 17.4. The Morgan fingerprint density at radius 1 is 1.21 bits per heavy atom. The van der Waals surface area contributed by atoms with Crippen molar-refractivity contribution in [1.82, 2.24) is 4.90 Å². The minimum absolute atomic E-state index is 0.115. The lowest BCUT2D eigenvalue weighted by atomic mass is 9.94. The predicted molar refractivity (Wildman–Crippen MR) is 112 cm³/mol. The lowest BCUT2D eigenvalue weighted by Crippen LogP contribution is -2.45. The van der Waals surface area contributed by atoms with Crippen LogP contribution in [0, 0.1) is 14.9 Å². The molecule has 3 rings (SSSR count). The Bertz CT molecular complexity index is 1040. The monoisotopic (exact) mass is 488 g/mol. The van der Waals surface area contributed by atoms with E-state index in [9.17, 15) is 20.0 Å². The smallest absolute Gasteiger partial charge is 0.271 e. The minimum atomic E-state index is -0.899. The average Bonchev–Trinajstić information content (AvgIpc) is 3.12. The second-order valence-electron chi connectivity index (χ2n) is 6.45. The highest BCUT2D eigenvalue weighted by Crippen LogP contribution is 2.29. The van der Waals surface area contributed by atoms with Crippen molar-refractivity contribution < 1.29 is 19.1 Å². The Labute approximate surface area is 175 Å². The fourth-order valence-electron chi connectivity index (χ4n) is 2.90. The fourth-order valence-corrected chi connectivity index (χ4v) is 3.26. The van der Waals surface area contributed by atoms with Crippen LogP contribution in [-0.4, -0.2) is 34.5 Å². The van der Waals surface area contributed by atoms with Gasteiger partial charge in [-0.15, -0.1) is 0 Å². The first-order chi connectivity index (χ1) is 13.3. The van der Waals surface area contributed by atoms with E-state index in [1.54, 1.807) is 19.1 Å². The number of aliphatic hydroxyl groups is 1. The molecule has 2 aromatic rings. The van der Waals surface area contributed by atoms with Crippen LogP contribution < -0.4 is 0 Å². The van der Waals surface area contributed by atoms with Crippen LogP contribution in [0.2, 0.25) is 0 Å². The van der Waals surface area contributed by atoms with Crippen molar-refractivity contribution in [2.75, 3.05) is 6.54 Å². The molecule has 1 aliphatic rings. The summed E-state index contributed by atoms with van der Waals surface area (Å²) in [6, 6.07) is 13.2. The van der Waals surface area contributed by atoms with Gasteiger partial charge in [0.2, 0.25) is 0 Å². The van der Waals surface area contributed by atoms with Crippen molar-refractivity contribution in [3.05, 3.63) is 62.4 Å². The van der Waals surface area contributed by atoms with Crippen molar-refractivity contribution in [1.29, 1.82) is 5.26 Å². The summed E-state index contributed by atoms with van der Waals surface area (Å²) < 4.78 is 6.94. The molecule has 0 saturated carbocycles. The molecule has 0 bridgehead atoms. The summed E-state index contributed by atoms with van der Waals surface area (Å²) in [5.41, 5.74) is 1.28. The van der Waals surface area contributed by atoms with Gasteiger partial charge in [-0.1, -0.05) is 12.1 Å². The summed E-state index contributed by atoms with van der Waals surface area (Å²) >= 11 is 2.22. The van der Waals surface area contributed by atoms with Crippen LogP contribution in [0.1, 0.15) is 19.6 Å². The molecule has 142 valence electrons. The molecule has 0 saturated heterocycles. The molecule has 1 aromatic carbocycles. The molecule has 1 aliphatic heterocycles. The summed E-state index contributed by atoms with van der Waals surface area (Å²) in [6.45, 7) is 2.85. The number of furan rings is 1. The van der Waals surface area contributed by atoms with E-state index in [2.05, 4.69) is 22.6 Å². The predicted octanol–water partition coefficient (Wildman–Crippen LogP) is 3.52. The molecule has 6 nitrogen and oxygen atoms in total. The van der Waals surface area contributed by atoms with E-state index in [1.165, 1.54) is 13.0 Å². The van der Waals surface area contributed by atoms with Crippen LogP contribution in [0.5, 0.6) is 0 Å². The largest absolute Gasteiger partial charge is 0.457 e. The Hall–Kier alpha value is -2.70. The Kier molecular flexibility index (Phi) is 5.82. The lowest BCUT2D eigenvalue weighted by Gasteiger charge is -2.28. The number of aliphatic hydroxyl groups excluding tert-OH is 1. The third-order valence-electron chi connectivity index (χ3n) is 4.31. The summed E-state index contributed by atoms with van der Waals surface area (Å²) in [4.78, 5) is 26.1. The van der Waals surface area contributed by atoms with Gasteiger partial charge in [-0.2, -0.15) is 5.26 Å². The maximum atomic E-state index is 12.8. The molecule has 2 amide bonds. The zero-order valence-electron chi connectivity index (χ0n) is 15.3. The number of carbonyl (C=O) groups excluding carboxylic acids is 2. The Balaban J connectivity index is 2.01. The number of nitrogens with zero attached hydrogens (tertiary/aromatic N) is 2. The molecule has 0 fully saturated rings. The van der Waals surface area contributed by atoms with Gasteiger partial charge in [-0.05, 0) is 72.4 Å². The van der Waals surface area contributed by atoms with Gasteiger partial charge in [0.05, 0.1) is 12.6 Å². The van der Waals surface area contributed by atoms with Crippen LogP contribution in [0.25, 0.3) is 17.4 Å². The van der Waals surface area contributed by atoms with E-state index in [-0.39, 0.29) is 17.7 Å². The summed E-state index contributed by atoms with van der Waals surface area (Å²) in [6.07, 6.45) is 0.621. The summed E-state index contributed by atoms with van der Waals surface area (Å²) in [5, 5.41) is 19.0. The number of rotatable bonds is 4. The third kappa shape index (κ3) is 3.93. The van der Waals surface area contributed by atoms with Crippen molar-refractivity contribution in [2.24, 2.45) is 0 Å². The molecule has 1 unspecified atom stereocenters. The number of hydrogen-bond acceptors (Lipinski definition) is 5. The molecule has 0 aliphatic carbocycles. The van der Waals surface area contributed by atoms with Gasteiger partial charge in [0.15, 0.2) is 0 Å². The molecule has 28 heavy (non-hydrogen) atoms. The van der Waals surface area contributed by atoms with Gasteiger partial charge in [-0.3, -0.25) is 14.5 Å². The number of halogens is 1. The van der Waals surface area contributed by atoms with E-state index >= 15 is 0 Å². The molecule has 0 radical (unpaired) electrons. The van der Waals surface area contributed by atoms with Gasteiger partial charge in [0.1, 0.15) is 23.2 Å². The molecule has 7 heteroatoms. The number of amides is 2. The average molecular weight is 488 g/mol. The molecule has 1 aromatic heterocycles. The van der Waals surface area contributed by atoms with E-state index in [4.69, 9.17) is 4.42 Å². The Morgan fingerprint density at radius 3 is 2.50 bits per heavy atom. The van der Waals surface area contributed by atoms with Crippen LogP contribution in [0.4, 0.5) is 0 Å². The topological polar surface area (TPSA) is 94.5 Å². The number of hydrogen-bond donors (Lipinski definition) is 1. The van der Waals surface area contributed by atoms with E-state index in [0.717, 1.165) is 14.0 Å². The second kappa shape index (κ2) is 8.12.